The zero-order valence-electron chi connectivity index (χ0n) is 17.2. The lowest BCUT2D eigenvalue weighted by atomic mass is 9.96. The lowest BCUT2D eigenvalue weighted by molar-refractivity contribution is 0.0879. The monoisotopic (exact) mass is 414 g/mol. The van der Waals surface area contributed by atoms with Crippen molar-refractivity contribution < 1.29 is 33.7 Å². The second-order valence-corrected chi connectivity index (χ2v) is 6.86. The van der Waals surface area contributed by atoms with Crippen molar-refractivity contribution in [2.24, 2.45) is 0 Å². The van der Waals surface area contributed by atoms with Gasteiger partial charge >= 0.3 is 0 Å². The Morgan fingerprint density at radius 1 is 1.00 bits per heavy atom. The zero-order chi connectivity index (χ0) is 22.2. The molecule has 30 heavy (non-hydrogen) atoms. The van der Waals surface area contributed by atoms with Crippen LogP contribution in [0.3, 0.4) is 0 Å². The average Bonchev–Trinajstić information content (AvgIpc) is 3.01. The summed E-state index contributed by atoms with van der Waals surface area (Å²) in [7, 11) is 4.13. The fourth-order valence-electron chi connectivity index (χ4n) is 3.53. The van der Waals surface area contributed by atoms with E-state index in [0.29, 0.717) is 5.56 Å². The fourth-order valence-corrected chi connectivity index (χ4v) is 3.53. The van der Waals surface area contributed by atoms with Gasteiger partial charge in [-0.3, -0.25) is 19.7 Å². The fraction of sp³-hybridized carbons (Fsp3) is 0.286. The molecule has 0 bridgehead atoms. The first-order valence-corrected chi connectivity index (χ1v) is 9.11. The van der Waals surface area contributed by atoms with Crippen LogP contribution in [-0.4, -0.2) is 44.2 Å². The zero-order valence-corrected chi connectivity index (χ0v) is 17.2. The molecule has 3 N–H and O–H groups in total. The topological polar surface area (TPSA) is 123 Å². The molecule has 0 aliphatic carbocycles. The van der Waals surface area contributed by atoms with Crippen LogP contribution in [0.2, 0.25) is 0 Å². The van der Waals surface area contributed by atoms with Crippen molar-refractivity contribution in [3.05, 3.63) is 40.5 Å². The Morgan fingerprint density at radius 2 is 1.63 bits per heavy atom. The van der Waals surface area contributed by atoms with E-state index in [-0.39, 0.29) is 45.5 Å². The summed E-state index contributed by atoms with van der Waals surface area (Å²) in [4.78, 5) is 37.1. The van der Waals surface area contributed by atoms with Gasteiger partial charge < -0.3 is 24.6 Å². The van der Waals surface area contributed by atoms with Gasteiger partial charge in [-0.2, -0.15) is 0 Å². The van der Waals surface area contributed by atoms with Crippen LogP contribution in [0.5, 0.6) is 23.0 Å². The quantitative estimate of drug-likeness (QED) is 0.621. The van der Waals surface area contributed by atoms with Crippen molar-refractivity contribution in [1.29, 1.82) is 0 Å². The highest BCUT2D eigenvalue weighted by molar-refractivity contribution is 6.25. The Labute approximate surface area is 172 Å². The number of imide groups is 1. The Hall–Kier alpha value is -3.75. The number of phenols is 1. The molecule has 0 saturated carbocycles. The number of fused-ring (bicyclic) bond motifs is 1. The predicted octanol–water partition coefficient (Wildman–Crippen LogP) is 2.68. The van der Waals surface area contributed by atoms with Gasteiger partial charge in [-0.05, 0) is 18.1 Å². The third-order valence-electron chi connectivity index (χ3n) is 4.80. The Morgan fingerprint density at radius 3 is 2.20 bits per heavy atom. The maximum absolute atomic E-state index is 13.1. The number of phenolic OH excluding ortho intramolecular Hbond substituents is 1. The van der Waals surface area contributed by atoms with Gasteiger partial charge in [-0.15, -0.1) is 0 Å². The molecule has 9 nitrogen and oxygen atoms in total. The molecule has 3 amide bonds. The molecule has 0 saturated heterocycles. The highest BCUT2D eigenvalue weighted by atomic mass is 16.5. The van der Waals surface area contributed by atoms with E-state index in [1.54, 1.807) is 0 Å². The molecule has 0 radical (unpaired) electrons. The molecule has 1 aliphatic heterocycles. The van der Waals surface area contributed by atoms with Gasteiger partial charge in [0.05, 0.1) is 38.1 Å². The van der Waals surface area contributed by atoms with Gasteiger partial charge in [0, 0.05) is 5.56 Å². The van der Waals surface area contributed by atoms with Gasteiger partial charge in [0.15, 0.2) is 23.0 Å². The number of hydrogen-bond acceptors (Lipinski definition) is 7. The number of carbonyl (C=O) groups excluding carboxylic acids is 3. The molecule has 0 fully saturated rings. The molecule has 9 heteroatoms. The van der Waals surface area contributed by atoms with Crippen molar-refractivity contribution >= 4 is 23.4 Å². The normalized spacial score (nSPS) is 12.5. The van der Waals surface area contributed by atoms with E-state index in [2.05, 4.69) is 10.6 Å². The number of amides is 3. The van der Waals surface area contributed by atoms with Crippen molar-refractivity contribution in [2.45, 2.75) is 19.8 Å². The standard InChI is InChI=1S/C21H22N2O7/c1-9(2)12-16(28-3)15(24)14(18(30-5)17(12)29-4)21(27)22-11-8-6-7-10-13(11)20(26)23-19(10)25/h6-9,24H,1-5H3,(H,22,27)(H,23,25,26). The van der Waals surface area contributed by atoms with Crippen LogP contribution in [0.1, 0.15) is 56.4 Å². The van der Waals surface area contributed by atoms with Gasteiger partial charge in [-0.1, -0.05) is 19.9 Å². The van der Waals surface area contributed by atoms with Crippen molar-refractivity contribution in [1.82, 2.24) is 5.32 Å². The number of hydrogen-bond donors (Lipinski definition) is 3. The van der Waals surface area contributed by atoms with E-state index in [4.69, 9.17) is 14.2 Å². The Bertz CT molecular complexity index is 1060. The lowest BCUT2D eigenvalue weighted by Gasteiger charge is -2.22. The van der Waals surface area contributed by atoms with E-state index in [9.17, 15) is 19.5 Å². The first-order chi connectivity index (χ1) is 14.3. The molecule has 0 unspecified atom stereocenters. The largest absolute Gasteiger partial charge is 0.504 e. The number of aromatic hydroxyl groups is 1. The molecule has 1 aliphatic rings. The molecular weight excluding hydrogens is 392 g/mol. The van der Waals surface area contributed by atoms with Crippen LogP contribution in [0.15, 0.2) is 18.2 Å². The first-order valence-electron chi connectivity index (χ1n) is 9.11. The Kier molecular flexibility index (Phi) is 5.55. The van der Waals surface area contributed by atoms with Crippen LogP contribution in [0, 0.1) is 0 Å². The maximum Gasteiger partial charge on any atom is 0.263 e. The highest BCUT2D eigenvalue weighted by Gasteiger charge is 2.33. The third kappa shape index (κ3) is 3.18. The van der Waals surface area contributed by atoms with Crippen LogP contribution in [-0.2, 0) is 0 Å². The number of methoxy groups -OCH3 is 3. The molecule has 0 aromatic heterocycles. The van der Waals surface area contributed by atoms with E-state index in [1.165, 1.54) is 39.5 Å². The minimum absolute atomic E-state index is 0.0186. The van der Waals surface area contributed by atoms with Gasteiger partial charge in [0.2, 0.25) is 0 Å². The van der Waals surface area contributed by atoms with Crippen LogP contribution >= 0.6 is 0 Å². The average molecular weight is 414 g/mol. The minimum atomic E-state index is -0.767. The third-order valence-corrected chi connectivity index (χ3v) is 4.80. The molecule has 1 heterocycles. The van der Waals surface area contributed by atoms with Crippen LogP contribution < -0.4 is 24.8 Å². The van der Waals surface area contributed by atoms with E-state index in [1.807, 2.05) is 13.8 Å². The molecule has 0 atom stereocenters. The number of ether oxygens (including phenoxy) is 3. The number of benzene rings is 2. The lowest BCUT2D eigenvalue weighted by Crippen LogP contribution is -2.21. The highest BCUT2D eigenvalue weighted by Crippen LogP contribution is 2.50. The van der Waals surface area contributed by atoms with Crippen molar-refractivity contribution in [3.8, 4) is 23.0 Å². The van der Waals surface area contributed by atoms with E-state index in [0.717, 1.165) is 0 Å². The van der Waals surface area contributed by atoms with E-state index >= 15 is 0 Å². The SMILES string of the molecule is COc1c(OC)c(C(C)C)c(OC)c(O)c1C(=O)Nc1cccc2c1C(=O)NC2=O. The van der Waals surface area contributed by atoms with Gasteiger partial charge in [0.1, 0.15) is 5.56 Å². The number of anilines is 1. The summed E-state index contributed by atoms with van der Waals surface area (Å²) >= 11 is 0. The Balaban J connectivity index is 2.17. The molecule has 0 spiro atoms. The smallest absolute Gasteiger partial charge is 0.263 e. The number of rotatable bonds is 6. The molecule has 158 valence electrons. The summed E-state index contributed by atoms with van der Waals surface area (Å²) in [5, 5.41) is 15.6. The molecule has 3 rings (SSSR count). The summed E-state index contributed by atoms with van der Waals surface area (Å²) < 4.78 is 16.2. The summed E-state index contributed by atoms with van der Waals surface area (Å²) in [5.41, 5.74) is 0.633. The first kappa shape index (κ1) is 21.0. The number of nitrogens with one attached hydrogen (secondary N) is 2. The minimum Gasteiger partial charge on any atom is -0.504 e. The van der Waals surface area contributed by atoms with Crippen molar-refractivity contribution in [3.63, 3.8) is 0 Å². The van der Waals surface area contributed by atoms with Gasteiger partial charge in [0.25, 0.3) is 17.7 Å². The molecule has 2 aromatic carbocycles. The molecular formula is C21H22N2O7. The summed E-state index contributed by atoms with van der Waals surface area (Å²) in [6.45, 7) is 3.75. The predicted molar refractivity (Wildman–Crippen MR) is 108 cm³/mol. The van der Waals surface area contributed by atoms with Crippen LogP contribution in [0.4, 0.5) is 5.69 Å². The van der Waals surface area contributed by atoms with Crippen molar-refractivity contribution in [2.75, 3.05) is 26.6 Å². The second kappa shape index (κ2) is 7.94. The summed E-state index contributed by atoms with van der Waals surface area (Å²) in [5.74, 6) is -2.12. The molecule has 2 aromatic rings. The summed E-state index contributed by atoms with van der Waals surface area (Å²) in [6, 6.07) is 4.49. The summed E-state index contributed by atoms with van der Waals surface area (Å²) in [6.07, 6.45) is 0. The van der Waals surface area contributed by atoms with Gasteiger partial charge in [-0.25, -0.2) is 0 Å². The van der Waals surface area contributed by atoms with Crippen LogP contribution in [0.25, 0.3) is 0 Å². The number of carbonyl (C=O) groups is 3. The maximum atomic E-state index is 13.1. The second-order valence-electron chi connectivity index (χ2n) is 6.86. The van der Waals surface area contributed by atoms with E-state index < -0.39 is 23.5 Å².